The molecule has 0 aliphatic heterocycles. The maximum Gasteiger partial charge on any atom is 0.261 e. The Morgan fingerprint density at radius 1 is 0.848 bits per heavy atom. The van der Waals surface area contributed by atoms with Crippen molar-refractivity contribution in [3.05, 3.63) is 78.5 Å². The maximum absolute atomic E-state index is 7.10. The summed E-state index contributed by atoms with van der Waals surface area (Å²) in [4.78, 5) is 0. The minimum absolute atomic E-state index is 0.0263. The van der Waals surface area contributed by atoms with Gasteiger partial charge >= 0.3 is 0 Å². The van der Waals surface area contributed by atoms with Gasteiger partial charge in [-0.2, -0.15) is 0 Å². The van der Waals surface area contributed by atoms with Crippen molar-refractivity contribution in [2.45, 2.75) is 84.2 Å². The normalized spacial score (nSPS) is 14.0. The summed E-state index contributed by atoms with van der Waals surface area (Å²) < 4.78 is 13.9. The third-order valence-electron chi connectivity index (χ3n) is 7.12. The lowest BCUT2D eigenvalue weighted by Crippen LogP contribution is -2.66. The summed E-state index contributed by atoms with van der Waals surface area (Å²) in [5.74, 6) is 0. The van der Waals surface area contributed by atoms with E-state index in [2.05, 4.69) is 135 Å². The molecule has 2 aromatic carbocycles. The van der Waals surface area contributed by atoms with Crippen molar-refractivity contribution in [1.29, 1.82) is 0 Å². The van der Waals surface area contributed by atoms with Crippen LogP contribution < -0.4 is 10.4 Å². The Kier molecular flexibility index (Phi) is 8.94. The Balaban J connectivity index is 2.42. The molecule has 0 fully saturated rings. The highest BCUT2D eigenvalue weighted by Crippen LogP contribution is 2.39. The Bertz CT molecular complexity index is 892. The van der Waals surface area contributed by atoms with Crippen LogP contribution in [0.15, 0.2) is 78.5 Å². The summed E-state index contributed by atoms with van der Waals surface area (Å²) in [7, 11) is -4.49. The summed E-state index contributed by atoms with van der Waals surface area (Å²) >= 11 is 0. The number of benzene rings is 2. The van der Waals surface area contributed by atoms with Crippen molar-refractivity contribution in [2.24, 2.45) is 0 Å². The molecule has 0 radical (unpaired) electrons. The fraction of sp³-hybridized carbons (Fsp3) is 0.483. The van der Waals surface area contributed by atoms with E-state index in [9.17, 15) is 0 Å². The zero-order valence-electron chi connectivity index (χ0n) is 22.3. The van der Waals surface area contributed by atoms with Gasteiger partial charge in [0.1, 0.15) is 0 Å². The lowest BCUT2D eigenvalue weighted by molar-refractivity contribution is 0.170. The summed E-state index contributed by atoms with van der Waals surface area (Å²) in [5.41, 5.74) is 4.16. The highest BCUT2D eigenvalue weighted by atomic mass is 28.4. The van der Waals surface area contributed by atoms with Crippen LogP contribution in [0.3, 0.4) is 0 Å². The summed E-state index contributed by atoms with van der Waals surface area (Å²) in [6.45, 7) is 25.0. The average molecular weight is 481 g/mol. The first-order valence-electron chi connectivity index (χ1n) is 12.1. The molecule has 0 spiro atoms. The first-order chi connectivity index (χ1) is 15.3. The lowest BCUT2D eigenvalue weighted by atomic mass is 10.1. The SMILES string of the molecule is C=C=C(C)[C@@H](CCO[Si](c1ccccc1)(c1ccccc1)C(C)(C)C)O[Si](C)(C)C(C)(C)C. The van der Waals surface area contributed by atoms with Crippen LogP contribution in [0, 0.1) is 0 Å². The highest BCUT2D eigenvalue weighted by molar-refractivity contribution is 6.99. The fourth-order valence-electron chi connectivity index (χ4n) is 4.09. The Morgan fingerprint density at radius 3 is 1.67 bits per heavy atom. The molecule has 0 unspecified atom stereocenters. The summed E-state index contributed by atoms with van der Waals surface area (Å²) in [6.07, 6.45) is 0.771. The van der Waals surface area contributed by atoms with Gasteiger partial charge in [0, 0.05) is 6.61 Å². The van der Waals surface area contributed by atoms with Crippen LogP contribution in [-0.2, 0) is 8.85 Å². The molecular formula is C29H44O2Si2. The van der Waals surface area contributed by atoms with E-state index in [1.165, 1.54) is 10.4 Å². The third-order valence-corrected chi connectivity index (χ3v) is 16.6. The Labute approximate surface area is 205 Å². The van der Waals surface area contributed by atoms with Gasteiger partial charge in [-0.05, 0) is 52.5 Å². The van der Waals surface area contributed by atoms with E-state index in [1.807, 2.05) is 0 Å². The van der Waals surface area contributed by atoms with E-state index in [0.29, 0.717) is 6.61 Å². The van der Waals surface area contributed by atoms with Crippen LogP contribution in [0.25, 0.3) is 0 Å². The predicted octanol–water partition coefficient (Wildman–Crippen LogP) is 7.07. The van der Waals surface area contributed by atoms with Crippen LogP contribution in [0.5, 0.6) is 0 Å². The molecular weight excluding hydrogens is 436 g/mol. The second-order valence-electron chi connectivity index (χ2n) is 11.5. The van der Waals surface area contributed by atoms with Crippen molar-refractivity contribution in [3.8, 4) is 0 Å². The molecule has 0 aromatic heterocycles. The van der Waals surface area contributed by atoms with Crippen LogP contribution in [0.2, 0.25) is 23.2 Å². The second-order valence-corrected chi connectivity index (χ2v) is 20.6. The van der Waals surface area contributed by atoms with Gasteiger partial charge in [0.05, 0.1) is 6.10 Å². The highest BCUT2D eigenvalue weighted by Gasteiger charge is 2.50. The molecule has 0 heterocycles. The molecule has 0 aliphatic carbocycles. The minimum Gasteiger partial charge on any atom is -0.410 e. The Morgan fingerprint density at radius 2 is 1.30 bits per heavy atom. The predicted molar refractivity (Wildman–Crippen MR) is 149 cm³/mol. The second kappa shape index (κ2) is 10.7. The van der Waals surface area contributed by atoms with Gasteiger partial charge < -0.3 is 8.85 Å². The number of rotatable bonds is 9. The minimum atomic E-state index is -2.55. The van der Waals surface area contributed by atoms with E-state index in [1.54, 1.807) is 0 Å². The van der Waals surface area contributed by atoms with Crippen molar-refractivity contribution in [1.82, 2.24) is 0 Å². The zero-order chi connectivity index (χ0) is 24.9. The zero-order valence-corrected chi connectivity index (χ0v) is 24.3. The molecule has 0 N–H and O–H groups in total. The van der Waals surface area contributed by atoms with E-state index >= 15 is 0 Å². The van der Waals surface area contributed by atoms with Crippen molar-refractivity contribution >= 4 is 27.0 Å². The van der Waals surface area contributed by atoms with Crippen molar-refractivity contribution < 1.29 is 8.85 Å². The number of hydrogen-bond donors (Lipinski definition) is 0. The molecule has 0 bridgehead atoms. The van der Waals surface area contributed by atoms with Gasteiger partial charge in [-0.3, -0.25) is 0 Å². The molecule has 180 valence electrons. The van der Waals surface area contributed by atoms with E-state index in [4.69, 9.17) is 8.85 Å². The molecule has 0 saturated carbocycles. The first kappa shape index (κ1) is 27.6. The summed E-state index contributed by atoms with van der Waals surface area (Å²) in [6, 6.07) is 21.6. The van der Waals surface area contributed by atoms with E-state index < -0.39 is 16.6 Å². The maximum atomic E-state index is 7.10. The smallest absolute Gasteiger partial charge is 0.261 e. The Hall–Kier alpha value is -1.69. The monoisotopic (exact) mass is 480 g/mol. The quantitative estimate of drug-likeness (QED) is 0.282. The average Bonchev–Trinajstić information content (AvgIpc) is 2.75. The van der Waals surface area contributed by atoms with Crippen LogP contribution in [-0.4, -0.2) is 29.3 Å². The van der Waals surface area contributed by atoms with Crippen molar-refractivity contribution in [2.75, 3.05) is 6.61 Å². The van der Waals surface area contributed by atoms with Gasteiger partial charge in [-0.15, -0.1) is 5.73 Å². The van der Waals surface area contributed by atoms with Gasteiger partial charge in [0.2, 0.25) is 0 Å². The largest absolute Gasteiger partial charge is 0.410 e. The topological polar surface area (TPSA) is 18.5 Å². The van der Waals surface area contributed by atoms with E-state index in [0.717, 1.165) is 12.0 Å². The van der Waals surface area contributed by atoms with Gasteiger partial charge in [0.15, 0.2) is 8.32 Å². The van der Waals surface area contributed by atoms with Gasteiger partial charge in [-0.25, -0.2) is 0 Å². The molecule has 1 atom stereocenters. The fourth-order valence-corrected chi connectivity index (χ4v) is 10.0. The molecule has 0 amide bonds. The van der Waals surface area contributed by atoms with Crippen molar-refractivity contribution in [3.63, 3.8) is 0 Å². The molecule has 4 heteroatoms. The molecule has 2 nitrogen and oxygen atoms in total. The van der Waals surface area contributed by atoms with Gasteiger partial charge in [0.25, 0.3) is 8.32 Å². The van der Waals surface area contributed by atoms with Gasteiger partial charge in [-0.1, -0.05) is 109 Å². The summed E-state index contributed by atoms with van der Waals surface area (Å²) in [5, 5.41) is 2.73. The van der Waals surface area contributed by atoms with E-state index in [-0.39, 0.29) is 16.2 Å². The molecule has 2 rings (SSSR count). The first-order valence-corrected chi connectivity index (χ1v) is 16.9. The molecule has 33 heavy (non-hydrogen) atoms. The van der Waals surface area contributed by atoms with Crippen LogP contribution >= 0.6 is 0 Å². The number of hydrogen-bond acceptors (Lipinski definition) is 2. The third kappa shape index (κ3) is 6.26. The lowest BCUT2D eigenvalue weighted by Gasteiger charge is -2.44. The molecule has 0 saturated heterocycles. The standard InChI is InChI=1S/C29H44O2Si2/c1-11-24(2)27(31-32(9,10)28(3,4)5)22-23-30-33(29(6,7)8,25-18-14-12-15-19-25)26-20-16-13-17-21-26/h12-21,27H,1,22-23H2,2-10H3/t27-/m1/s1. The van der Waals surface area contributed by atoms with Crippen LogP contribution in [0.1, 0.15) is 54.9 Å². The molecule has 0 aliphatic rings. The molecule has 2 aromatic rings. The van der Waals surface area contributed by atoms with Crippen LogP contribution in [0.4, 0.5) is 0 Å².